The summed E-state index contributed by atoms with van der Waals surface area (Å²) < 4.78 is 8.11. The molecule has 0 aliphatic rings. The lowest BCUT2D eigenvalue weighted by atomic mass is 10.2. The zero-order chi connectivity index (χ0) is 17.2. The van der Waals surface area contributed by atoms with Gasteiger partial charge in [0, 0.05) is 30.4 Å². The fourth-order valence-electron chi connectivity index (χ4n) is 2.94. The summed E-state index contributed by atoms with van der Waals surface area (Å²) in [6.07, 6.45) is 4.60. The maximum atomic E-state index is 11.9. The van der Waals surface area contributed by atoms with Gasteiger partial charge in [0.05, 0.1) is 22.8 Å². The standard InChI is InChI=1S/C19H16N4O2/c1-2-23-16-8-4-3-7-15(16)18-17(23)10-14(25-18)12-21-22-19(24)13-6-5-9-20-11-13/h3-12H,2H2,1H3,(H,22,24)/b21-12+. The van der Waals surface area contributed by atoms with Gasteiger partial charge >= 0.3 is 0 Å². The van der Waals surface area contributed by atoms with E-state index in [0.717, 1.165) is 28.5 Å². The van der Waals surface area contributed by atoms with Crippen molar-refractivity contribution in [2.75, 3.05) is 0 Å². The molecule has 124 valence electrons. The summed E-state index contributed by atoms with van der Waals surface area (Å²) in [4.78, 5) is 15.8. The topological polar surface area (TPSA) is 72.4 Å². The van der Waals surface area contributed by atoms with Crippen molar-refractivity contribution in [3.8, 4) is 0 Å². The fourth-order valence-corrected chi connectivity index (χ4v) is 2.94. The Bertz CT molecular complexity index is 1080. The molecular formula is C19H16N4O2. The second kappa shape index (κ2) is 6.24. The summed E-state index contributed by atoms with van der Waals surface area (Å²) in [6.45, 7) is 2.94. The third kappa shape index (κ3) is 2.67. The Balaban J connectivity index is 1.61. The first-order chi connectivity index (χ1) is 12.3. The number of aromatic nitrogens is 2. The number of fused-ring (bicyclic) bond motifs is 3. The molecule has 3 heterocycles. The van der Waals surface area contributed by atoms with Crippen LogP contribution in [0.5, 0.6) is 0 Å². The third-order valence-electron chi connectivity index (χ3n) is 4.06. The van der Waals surface area contributed by atoms with Gasteiger partial charge in [0.2, 0.25) is 0 Å². The summed E-state index contributed by atoms with van der Waals surface area (Å²) in [5.41, 5.74) is 5.92. The molecule has 0 saturated carbocycles. The van der Waals surface area contributed by atoms with Gasteiger partial charge in [-0.3, -0.25) is 9.78 Å². The van der Waals surface area contributed by atoms with Crippen LogP contribution in [0.3, 0.4) is 0 Å². The van der Waals surface area contributed by atoms with Crippen LogP contribution in [0.1, 0.15) is 23.0 Å². The Labute approximate surface area is 143 Å². The highest BCUT2D eigenvalue weighted by atomic mass is 16.3. The lowest BCUT2D eigenvalue weighted by Gasteiger charge is -2.00. The van der Waals surface area contributed by atoms with E-state index in [1.165, 1.54) is 12.4 Å². The van der Waals surface area contributed by atoms with Crippen molar-refractivity contribution in [3.05, 3.63) is 66.2 Å². The van der Waals surface area contributed by atoms with Crippen LogP contribution in [-0.2, 0) is 6.54 Å². The average molecular weight is 332 g/mol. The van der Waals surface area contributed by atoms with Crippen molar-refractivity contribution in [3.63, 3.8) is 0 Å². The first-order valence-electron chi connectivity index (χ1n) is 8.02. The van der Waals surface area contributed by atoms with Crippen molar-refractivity contribution < 1.29 is 9.21 Å². The number of nitrogens with one attached hydrogen (secondary N) is 1. The largest absolute Gasteiger partial charge is 0.453 e. The van der Waals surface area contributed by atoms with Crippen molar-refractivity contribution in [1.82, 2.24) is 15.0 Å². The molecule has 0 spiro atoms. The lowest BCUT2D eigenvalue weighted by Crippen LogP contribution is -2.17. The molecule has 0 saturated heterocycles. The number of rotatable bonds is 4. The number of hydrazone groups is 1. The second-order valence-electron chi connectivity index (χ2n) is 5.57. The van der Waals surface area contributed by atoms with Crippen LogP contribution in [0.4, 0.5) is 0 Å². The predicted octanol–water partition coefficient (Wildman–Crippen LogP) is 3.57. The Morgan fingerprint density at radius 3 is 2.96 bits per heavy atom. The number of pyridine rings is 1. The van der Waals surface area contributed by atoms with Gasteiger partial charge in [-0.1, -0.05) is 12.1 Å². The van der Waals surface area contributed by atoms with Crippen LogP contribution in [0.2, 0.25) is 0 Å². The first kappa shape index (κ1) is 15.1. The van der Waals surface area contributed by atoms with Crippen molar-refractivity contribution >= 4 is 34.1 Å². The molecule has 4 aromatic rings. The normalized spacial score (nSPS) is 11.6. The summed E-state index contributed by atoms with van der Waals surface area (Å²) in [7, 11) is 0. The van der Waals surface area contributed by atoms with Gasteiger partial charge in [-0.25, -0.2) is 5.43 Å². The van der Waals surface area contributed by atoms with E-state index in [2.05, 4.69) is 33.1 Å². The highest BCUT2D eigenvalue weighted by molar-refractivity contribution is 6.06. The maximum absolute atomic E-state index is 11.9. The van der Waals surface area contributed by atoms with E-state index in [4.69, 9.17) is 4.42 Å². The molecule has 3 aromatic heterocycles. The van der Waals surface area contributed by atoms with Gasteiger partial charge < -0.3 is 8.98 Å². The number of nitrogens with zero attached hydrogens (tertiary/aromatic N) is 3. The number of carbonyl (C=O) groups excluding carboxylic acids is 1. The molecule has 0 unspecified atom stereocenters. The molecule has 6 heteroatoms. The van der Waals surface area contributed by atoms with Crippen LogP contribution in [0.25, 0.3) is 22.0 Å². The van der Waals surface area contributed by atoms with E-state index in [9.17, 15) is 4.79 Å². The number of aryl methyl sites for hydroxylation is 1. The number of hydrogen-bond donors (Lipinski definition) is 1. The van der Waals surface area contributed by atoms with Crippen molar-refractivity contribution in [2.24, 2.45) is 5.10 Å². The van der Waals surface area contributed by atoms with Crippen LogP contribution in [-0.4, -0.2) is 21.7 Å². The van der Waals surface area contributed by atoms with Crippen molar-refractivity contribution in [2.45, 2.75) is 13.5 Å². The molecule has 6 nitrogen and oxygen atoms in total. The fraction of sp³-hybridized carbons (Fsp3) is 0.105. The van der Waals surface area contributed by atoms with Gasteiger partial charge in [0.25, 0.3) is 5.91 Å². The van der Waals surface area contributed by atoms with Crippen LogP contribution in [0, 0.1) is 0 Å². The molecule has 0 bridgehead atoms. The first-order valence-corrected chi connectivity index (χ1v) is 8.02. The highest BCUT2D eigenvalue weighted by Gasteiger charge is 2.14. The molecule has 0 fully saturated rings. The SMILES string of the molecule is CCn1c2ccccc2c2oc(/C=N/NC(=O)c3cccnc3)cc21. The van der Waals surface area contributed by atoms with Gasteiger partial charge in [-0.05, 0) is 31.2 Å². The number of carbonyl (C=O) groups is 1. The van der Waals surface area contributed by atoms with E-state index in [1.54, 1.807) is 18.3 Å². The molecule has 1 N–H and O–H groups in total. The average Bonchev–Trinajstić information content (AvgIpc) is 3.19. The summed E-state index contributed by atoms with van der Waals surface area (Å²) in [5, 5.41) is 5.04. The van der Waals surface area contributed by atoms with E-state index >= 15 is 0 Å². The number of benzene rings is 1. The zero-order valence-corrected chi connectivity index (χ0v) is 13.6. The third-order valence-corrected chi connectivity index (χ3v) is 4.06. The lowest BCUT2D eigenvalue weighted by molar-refractivity contribution is 0.0955. The van der Waals surface area contributed by atoms with Crippen LogP contribution < -0.4 is 5.43 Å². The number of hydrogen-bond acceptors (Lipinski definition) is 4. The summed E-state index contributed by atoms with van der Waals surface area (Å²) >= 11 is 0. The van der Waals surface area contributed by atoms with Crippen molar-refractivity contribution in [1.29, 1.82) is 0 Å². The summed E-state index contributed by atoms with van der Waals surface area (Å²) in [5.74, 6) is 0.272. The molecule has 0 aliphatic heterocycles. The molecule has 0 radical (unpaired) electrons. The Morgan fingerprint density at radius 2 is 2.16 bits per heavy atom. The molecule has 0 atom stereocenters. The number of furan rings is 1. The Morgan fingerprint density at radius 1 is 1.28 bits per heavy atom. The predicted molar refractivity (Wildman–Crippen MR) is 96.7 cm³/mol. The minimum atomic E-state index is -0.316. The minimum absolute atomic E-state index is 0.316. The van der Waals surface area contributed by atoms with Gasteiger partial charge in [-0.2, -0.15) is 5.10 Å². The minimum Gasteiger partial charge on any atom is -0.453 e. The molecule has 4 rings (SSSR count). The number of para-hydroxylation sites is 1. The van der Waals surface area contributed by atoms with Crippen LogP contribution in [0.15, 0.2) is 64.4 Å². The number of amides is 1. The van der Waals surface area contributed by atoms with E-state index in [0.29, 0.717) is 11.3 Å². The van der Waals surface area contributed by atoms with Gasteiger partial charge in [-0.15, -0.1) is 0 Å². The molecule has 1 aromatic carbocycles. The summed E-state index contributed by atoms with van der Waals surface area (Å²) in [6, 6.07) is 13.4. The van der Waals surface area contributed by atoms with Gasteiger partial charge in [0.15, 0.2) is 5.58 Å². The smallest absolute Gasteiger partial charge is 0.272 e. The quantitative estimate of drug-likeness (QED) is 0.459. The van der Waals surface area contributed by atoms with E-state index in [-0.39, 0.29) is 5.91 Å². The maximum Gasteiger partial charge on any atom is 0.272 e. The Kier molecular flexibility index (Phi) is 3.78. The zero-order valence-electron chi connectivity index (χ0n) is 13.6. The molecular weight excluding hydrogens is 316 g/mol. The van der Waals surface area contributed by atoms with Gasteiger partial charge in [0.1, 0.15) is 5.76 Å². The highest BCUT2D eigenvalue weighted by Crippen LogP contribution is 2.30. The Hall–Kier alpha value is -3.41. The molecule has 0 aliphatic carbocycles. The molecule has 1 amide bonds. The van der Waals surface area contributed by atoms with E-state index < -0.39 is 0 Å². The van der Waals surface area contributed by atoms with E-state index in [1.807, 2.05) is 24.3 Å². The second-order valence-corrected chi connectivity index (χ2v) is 5.57. The van der Waals surface area contributed by atoms with Crippen LogP contribution >= 0.6 is 0 Å². The molecule has 25 heavy (non-hydrogen) atoms. The monoisotopic (exact) mass is 332 g/mol.